The SMILES string of the molecule is CCc1ccc2ccccc2c1P(c1c(CC)ccc2ccccc12)c1c(CC)ccc2ccccc12. The average Bonchev–Trinajstić information content (AvgIpc) is 2.97. The van der Waals surface area contributed by atoms with Crippen molar-refractivity contribution in [2.45, 2.75) is 40.0 Å². The molecule has 6 aromatic rings. The summed E-state index contributed by atoms with van der Waals surface area (Å²) < 4.78 is 0. The van der Waals surface area contributed by atoms with Gasteiger partial charge < -0.3 is 0 Å². The van der Waals surface area contributed by atoms with Crippen LogP contribution in [0.25, 0.3) is 32.3 Å². The maximum absolute atomic E-state index is 2.39. The maximum atomic E-state index is 2.39. The van der Waals surface area contributed by atoms with Gasteiger partial charge in [0.15, 0.2) is 0 Å². The Morgan fingerprint density at radius 3 is 0.973 bits per heavy atom. The van der Waals surface area contributed by atoms with E-state index in [1.165, 1.54) is 64.9 Å². The monoisotopic (exact) mass is 496 g/mol. The molecule has 37 heavy (non-hydrogen) atoms. The van der Waals surface area contributed by atoms with E-state index in [-0.39, 0.29) is 0 Å². The molecular formula is C36H33P. The minimum absolute atomic E-state index is 0.825. The third-order valence-corrected chi connectivity index (χ3v) is 10.7. The average molecular weight is 497 g/mol. The first-order valence-corrected chi connectivity index (χ1v) is 14.9. The van der Waals surface area contributed by atoms with Gasteiger partial charge in [-0.05, 0) is 92.1 Å². The molecule has 0 aliphatic carbocycles. The van der Waals surface area contributed by atoms with Crippen molar-refractivity contribution in [2.24, 2.45) is 0 Å². The third-order valence-electron chi connectivity index (χ3n) is 7.77. The summed E-state index contributed by atoms with van der Waals surface area (Å²) in [6.07, 6.45) is 3.08. The normalized spacial score (nSPS) is 11.7. The highest BCUT2D eigenvalue weighted by Gasteiger charge is 2.28. The molecule has 0 aliphatic rings. The van der Waals surface area contributed by atoms with Crippen molar-refractivity contribution < 1.29 is 0 Å². The lowest BCUT2D eigenvalue weighted by Crippen LogP contribution is -2.29. The Bertz CT molecular complexity index is 1540. The van der Waals surface area contributed by atoms with Crippen molar-refractivity contribution >= 4 is 56.2 Å². The zero-order valence-electron chi connectivity index (χ0n) is 22.0. The van der Waals surface area contributed by atoms with Crippen molar-refractivity contribution in [2.75, 3.05) is 0 Å². The van der Waals surface area contributed by atoms with Gasteiger partial charge in [0, 0.05) is 0 Å². The summed E-state index contributed by atoms with van der Waals surface area (Å²) in [7, 11) is -0.825. The number of fused-ring (bicyclic) bond motifs is 3. The van der Waals surface area contributed by atoms with Crippen LogP contribution in [0.15, 0.2) is 109 Å². The van der Waals surface area contributed by atoms with Crippen LogP contribution >= 0.6 is 7.92 Å². The smallest absolute Gasteiger partial charge is 0.00401 e. The van der Waals surface area contributed by atoms with Gasteiger partial charge in [-0.1, -0.05) is 130 Å². The molecule has 0 bridgehead atoms. The van der Waals surface area contributed by atoms with Crippen LogP contribution in [-0.4, -0.2) is 0 Å². The van der Waals surface area contributed by atoms with E-state index in [9.17, 15) is 0 Å². The van der Waals surface area contributed by atoms with E-state index in [2.05, 4.69) is 130 Å². The summed E-state index contributed by atoms with van der Waals surface area (Å²) in [4.78, 5) is 0. The summed E-state index contributed by atoms with van der Waals surface area (Å²) in [5, 5.41) is 12.8. The standard InChI is InChI=1S/C36H33P/c1-4-25-19-22-28-13-7-10-16-31(28)34(25)37(35-26(5-2)20-23-29-14-8-11-17-32(29)35)36-27(6-3)21-24-30-15-9-12-18-33(30)36/h7-24H,4-6H2,1-3H3. The summed E-state index contributed by atoms with van der Waals surface area (Å²) in [6, 6.07) is 41.2. The first kappa shape index (κ1) is 23.9. The number of aryl methyl sites for hydroxylation is 3. The fourth-order valence-electron chi connectivity index (χ4n) is 5.88. The molecule has 0 radical (unpaired) electrons. The number of benzene rings is 6. The van der Waals surface area contributed by atoms with Gasteiger partial charge in [0.05, 0.1) is 0 Å². The van der Waals surface area contributed by atoms with Crippen molar-refractivity contribution in [1.29, 1.82) is 0 Å². The maximum Gasteiger partial charge on any atom is -0.00401 e. The molecule has 0 heterocycles. The molecular weight excluding hydrogens is 463 g/mol. The Labute approximate surface area is 221 Å². The van der Waals surface area contributed by atoms with Gasteiger partial charge in [0.1, 0.15) is 0 Å². The molecule has 6 aromatic carbocycles. The topological polar surface area (TPSA) is 0 Å². The molecule has 0 spiro atoms. The Kier molecular flexibility index (Phi) is 6.54. The Balaban J connectivity index is 1.86. The fraction of sp³-hybridized carbons (Fsp3) is 0.167. The zero-order valence-corrected chi connectivity index (χ0v) is 22.9. The van der Waals surface area contributed by atoms with Gasteiger partial charge in [-0.3, -0.25) is 0 Å². The highest BCUT2D eigenvalue weighted by atomic mass is 31.1. The second kappa shape index (κ2) is 10.1. The molecule has 0 saturated heterocycles. The quantitative estimate of drug-likeness (QED) is 0.203. The number of rotatable bonds is 6. The van der Waals surface area contributed by atoms with E-state index in [1.54, 1.807) is 0 Å². The highest BCUT2D eigenvalue weighted by Crippen LogP contribution is 2.44. The molecule has 0 nitrogen and oxygen atoms in total. The van der Waals surface area contributed by atoms with Crippen LogP contribution < -0.4 is 15.9 Å². The van der Waals surface area contributed by atoms with Crippen LogP contribution in [0.5, 0.6) is 0 Å². The summed E-state index contributed by atoms with van der Waals surface area (Å²) in [5.74, 6) is 0. The van der Waals surface area contributed by atoms with Crippen LogP contribution in [0, 0.1) is 0 Å². The van der Waals surface area contributed by atoms with E-state index >= 15 is 0 Å². The third kappa shape index (κ3) is 4.05. The largest absolute Gasteiger partial charge is 0.0616 e. The van der Waals surface area contributed by atoms with E-state index in [0.29, 0.717) is 0 Å². The predicted octanol–water partition coefficient (Wildman–Crippen LogP) is 8.59. The molecule has 0 saturated carbocycles. The van der Waals surface area contributed by atoms with Gasteiger partial charge in [-0.15, -0.1) is 0 Å². The molecule has 6 rings (SSSR count). The van der Waals surface area contributed by atoms with E-state index < -0.39 is 7.92 Å². The summed E-state index contributed by atoms with van der Waals surface area (Å²) in [5.41, 5.74) is 4.40. The summed E-state index contributed by atoms with van der Waals surface area (Å²) in [6.45, 7) is 6.94. The summed E-state index contributed by atoms with van der Waals surface area (Å²) >= 11 is 0. The van der Waals surface area contributed by atoms with Crippen LogP contribution in [0.4, 0.5) is 0 Å². The van der Waals surface area contributed by atoms with Crippen LogP contribution in [0.3, 0.4) is 0 Å². The van der Waals surface area contributed by atoms with E-state index in [0.717, 1.165) is 19.3 Å². The van der Waals surface area contributed by atoms with Gasteiger partial charge >= 0.3 is 0 Å². The van der Waals surface area contributed by atoms with Crippen LogP contribution in [0.2, 0.25) is 0 Å². The molecule has 0 fully saturated rings. The molecule has 0 N–H and O–H groups in total. The lowest BCUT2D eigenvalue weighted by Gasteiger charge is -2.30. The van der Waals surface area contributed by atoms with Gasteiger partial charge in [-0.25, -0.2) is 0 Å². The molecule has 0 amide bonds. The molecule has 0 aliphatic heterocycles. The minimum Gasteiger partial charge on any atom is -0.0616 e. The Hall–Kier alpha value is -3.47. The first-order chi connectivity index (χ1) is 18.2. The second-order valence-corrected chi connectivity index (χ2v) is 11.8. The van der Waals surface area contributed by atoms with Crippen molar-refractivity contribution in [3.63, 3.8) is 0 Å². The Morgan fingerprint density at radius 2 is 0.676 bits per heavy atom. The molecule has 0 aromatic heterocycles. The van der Waals surface area contributed by atoms with Gasteiger partial charge in [0.2, 0.25) is 0 Å². The first-order valence-electron chi connectivity index (χ1n) is 13.6. The van der Waals surface area contributed by atoms with Crippen molar-refractivity contribution in [3.05, 3.63) is 126 Å². The molecule has 1 heteroatoms. The number of hydrogen-bond donors (Lipinski definition) is 0. The molecule has 0 unspecified atom stereocenters. The fourth-order valence-corrected chi connectivity index (χ4v) is 9.45. The van der Waals surface area contributed by atoms with Gasteiger partial charge in [0.25, 0.3) is 0 Å². The molecule has 182 valence electrons. The van der Waals surface area contributed by atoms with Gasteiger partial charge in [-0.2, -0.15) is 0 Å². The van der Waals surface area contributed by atoms with Crippen LogP contribution in [-0.2, 0) is 19.3 Å². The van der Waals surface area contributed by atoms with Crippen molar-refractivity contribution in [1.82, 2.24) is 0 Å². The minimum atomic E-state index is -0.825. The lowest BCUT2D eigenvalue weighted by atomic mass is 10.0. The van der Waals surface area contributed by atoms with E-state index in [4.69, 9.17) is 0 Å². The van der Waals surface area contributed by atoms with Crippen LogP contribution in [0.1, 0.15) is 37.5 Å². The zero-order chi connectivity index (χ0) is 25.4. The van der Waals surface area contributed by atoms with E-state index in [1.807, 2.05) is 0 Å². The Morgan fingerprint density at radius 1 is 0.378 bits per heavy atom. The second-order valence-electron chi connectivity index (χ2n) is 9.78. The predicted molar refractivity (Wildman–Crippen MR) is 166 cm³/mol. The van der Waals surface area contributed by atoms with Crippen molar-refractivity contribution in [3.8, 4) is 0 Å². The lowest BCUT2D eigenvalue weighted by molar-refractivity contribution is 1.15. The highest BCUT2D eigenvalue weighted by molar-refractivity contribution is 7.81. The molecule has 0 atom stereocenters. The number of hydrogen-bond acceptors (Lipinski definition) is 0.